The summed E-state index contributed by atoms with van der Waals surface area (Å²) in [4.78, 5) is 11.6. The second kappa shape index (κ2) is 14.2. The van der Waals surface area contributed by atoms with E-state index >= 15 is 0 Å². The van der Waals surface area contributed by atoms with Crippen molar-refractivity contribution in [2.45, 2.75) is 112 Å². The van der Waals surface area contributed by atoms with Crippen molar-refractivity contribution in [3.8, 4) is 0 Å². The van der Waals surface area contributed by atoms with E-state index in [1.807, 2.05) is 20.8 Å². The number of allylic oxidation sites excluding steroid dienone is 6. The number of carbonyl (C=O) groups excluding carboxylic acids is 1. The molecule has 0 bridgehead atoms. The highest BCUT2D eigenvalue weighted by molar-refractivity contribution is 5.74. The van der Waals surface area contributed by atoms with E-state index < -0.39 is 17.1 Å². The van der Waals surface area contributed by atoms with Crippen LogP contribution in [-0.2, 0) is 4.79 Å². The number of carbonyl (C=O) groups is 1. The lowest BCUT2D eigenvalue weighted by molar-refractivity contribution is -0.115. The molecule has 0 aromatic heterocycles. The summed E-state index contributed by atoms with van der Waals surface area (Å²) >= 11 is 0. The molecule has 4 heteroatoms. The first kappa shape index (κ1) is 30.5. The minimum atomic E-state index is -0.857. The van der Waals surface area contributed by atoms with Crippen molar-refractivity contribution < 1.29 is 20.1 Å². The molecule has 1 aliphatic carbocycles. The van der Waals surface area contributed by atoms with Crippen molar-refractivity contribution in [3.63, 3.8) is 0 Å². The van der Waals surface area contributed by atoms with Crippen LogP contribution in [0, 0.1) is 17.3 Å². The fraction of sp³-hybridized carbons (Fsp3) is 0.700. The van der Waals surface area contributed by atoms with E-state index in [9.17, 15) is 20.1 Å². The SMILES string of the molecule is CC(C)=CC[C@H](C)/C=C/C[C@@H](O)/C(C)=C/CC[C@@]1(C)[C@H](CCCO)/C(=C(/C)C=O)CC[C@]1(C)O. The van der Waals surface area contributed by atoms with Gasteiger partial charge in [-0.05, 0) is 109 Å². The van der Waals surface area contributed by atoms with Crippen LogP contribution >= 0.6 is 0 Å². The van der Waals surface area contributed by atoms with Crippen LogP contribution in [0.2, 0.25) is 0 Å². The molecule has 0 aromatic carbocycles. The number of hydrogen-bond donors (Lipinski definition) is 3. The van der Waals surface area contributed by atoms with E-state index in [0.29, 0.717) is 25.2 Å². The molecule has 4 nitrogen and oxygen atoms in total. The molecule has 194 valence electrons. The monoisotopic (exact) mass is 474 g/mol. The Hall–Kier alpha value is -1.49. The standard InChI is InChI=1S/C30H50O4/c1-22(2)15-16-23(3)11-8-14-28(33)24(4)12-9-18-29(6)27(13-10-20-31)26(25(5)21-32)17-19-30(29,7)34/h8,11-12,15,21,23,27-28,31,33-34H,9-10,13-14,16-20H2,1-7H3/b11-8+,24-12+,26-25-/t23-,27-,28-,29+,30+/m1/s1. The molecule has 1 aliphatic rings. The lowest BCUT2D eigenvalue weighted by Crippen LogP contribution is -2.52. The molecule has 0 heterocycles. The van der Waals surface area contributed by atoms with E-state index in [0.717, 1.165) is 55.1 Å². The van der Waals surface area contributed by atoms with E-state index in [1.54, 1.807) is 0 Å². The average Bonchev–Trinajstić information content (AvgIpc) is 2.78. The molecule has 0 unspecified atom stereocenters. The van der Waals surface area contributed by atoms with Crippen molar-refractivity contribution in [3.05, 3.63) is 46.6 Å². The highest BCUT2D eigenvalue weighted by atomic mass is 16.3. The first-order valence-corrected chi connectivity index (χ1v) is 13.0. The van der Waals surface area contributed by atoms with Gasteiger partial charge in [-0.3, -0.25) is 4.79 Å². The fourth-order valence-corrected chi connectivity index (χ4v) is 5.24. The second-order valence-electron chi connectivity index (χ2n) is 11.1. The van der Waals surface area contributed by atoms with Crippen LogP contribution in [0.1, 0.15) is 99.8 Å². The molecular weight excluding hydrogens is 424 g/mol. The predicted octanol–water partition coefficient (Wildman–Crippen LogP) is 6.47. The van der Waals surface area contributed by atoms with Crippen LogP contribution in [0.25, 0.3) is 0 Å². The maximum absolute atomic E-state index is 11.6. The third-order valence-corrected chi connectivity index (χ3v) is 8.01. The Morgan fingerprint density at radius 2 is 1.82 bits per heavy atom. The molecule has 0 radical (unpaired) electrons. The molecule has 0 spiro atoms. The predicted molar refractivity (Wildman–Crippen MR) is 143 cm³/mol. The zero-order valence-electron chi connectivity index (χ0n) is 22.7. The lowest BCUT2D eigenvalue weighted by Gasteiger charge is -2.53. The van der Waals surface area contributed by atoms with Gasteiger partial charge in [0.15, 0.2) is 0 Å². The topological polar surface area (TPSA) is 77.8 Å². The van der Waals surface area contributed by atoms with Crippen LogP contribution in [-0.4, -0.2) is 39.9 Å². The van der Waals surface area contributed by atoms with Crippen LogP contribution in [0.4, 0.5) is 0 Å². The van der Waals surface area contributed by atoms with Gasteiger partial charge in [0.05, 0.1) is 11.7 Å². The Balaban J connectivity index is 2.91. The smallest absolute Gasteiger partial charge is 0.145 e. The lowest BCUT2D eigenvalue weighted by atomic mass is 9.54. The van der Waals surface area contributed by atoms with E-state index in [1.165, 1.54) is 5.57 Å². The quantitative estimate of drug-likeness (QED) is 0.162. The summed E-state index contributed by atoms with van der Waals surface area (Å²) in [6, 6.07) is 0. The maximum atomic E-state index is 11.6. The van der Waals surface area contributed by atoms with Crippen molar-refractivity contribution in [1.82, 2.24) is 0 Å². The summed E-state index contributed by atoms with van der Waals surface area (Å²) in [7, 11) is 0. The number of aldehydes is 1. The van der Waals surface area contributed by atoms with Gasteiger partial charge < -0.3 is 15.3 Å². The van der Waals surface area contributed by atoms with Crippen molar-refractivity contribution in [2.75, 3.05) is 6.61 Å². The summed E-state index contributed by atoms with van der Waals surface area (Å²) in [5.74, 6) is 0.505. The van der Waals surface area contributed by atoms with E-state index in [4.69, 9.17) is 0 Å². The first-order valence-electron chi connectivity index (χ1n) is 13.0. The van der Waals surface area contributed by atoms with Crippen molar-refractivity contribution in [1.29, 1.82) is 0 Å². The second-order valence-corrected chi connectivity index (χ2v) is 11.1. The highest BCUT2D eigenvalue weighted by Crippen LogP contribution is 2.55. The summed E-state index contributed by atoms with van der Waals surface area (Å²) in [6.45, 7) is 14.4. The zero-order chi connectivity index (χ0) is 25.9. The van der Waals surface area contributed by atoms with E-state index in [2.05, 4.69) is 52.0 Å². The summed E-state index contributed by atoms with van der Waals surface area (Å²) in [6.07, 6.45) is 14.9. The molecule has 5 atom stereocenters. The Morgan fingerprint density at radius 3 is 2.41 bits per heavy atom. The Bertz CT molecular complexity index is 767. The molecular formula is C30H50O4. The van der Waals surface area contributed by atoms with Gasteiger partial charge in [-0.1, -0.05) is 49.3 Å². The minimum Gasteiger partial charge on any atom is -0.396 e. The van der Waals surface area contributed by atoms with Gasteiger partial charge in [0, 0.05) is 12.0 Å². The van der Waals surface area contributed by atoms with Gasteiger partial charge >= 0.3 is 0 Å². The third-order valence-electron chi connectivity index (χ3n) is 8.01. The molecule has 0 saturated heterocycles. The van der Waals surface area contributed by atoms with Crippen LogP contribution < -0.4 is 0 Å². The van der Waals surface area contributed by atoms with Crippen molar-refractivity contribution in [2.24, 2.45) is 17.3 Å². The highest BCUT2D eigenvalue weighted by Gasteiger charge is 2.52. The number of hydrogen-bond acceptors (Lipinski definition) is 4. The number of aliphatic hydroxyl groups is 3. The first-order chi connectivity index (χ1) is 15.9. The van der Waals surface area contributed by atoms with Gasteiger partial charge in [-0.2, -0.15) is 0 Å². The van der Waals surface area contributed by atoms with Crippen molar-refractivity contribution >= 4 is 6.29 Å². The number of aliphatic hydroxyl groups excluding tert-OH is 2. The van der Waals surface area contributed by atoms with Crippen LogP contribution in [0.15, 0.2) is 46.6 Å². The Labute approximate surface area is 208 Å². The maximum Gasteiger partial charge on any atom is 0.145 e. The Morgan fingerprint density at radius 1 is 1.15 bits per heavy atom. The summed E-state index contributed by atoms with van der Waals surface area (Å²) < 4.78 is 0. The molecule has 0 aromatic rings. The largest absolute Gasteiger partial charge is 0.396 e. The fourth-order valence-electron chi connectivity index (χ4n) is 5.24. The zero-order valence-corrected chi connectivity index (χ0v) is 22.7. The molecule has 1 fully saturated rings. The van der Waals surface area contributed by atoms with Gasteiger partial charge in [0.2, 0.25) is 0 Å². The van der Waals surface area contributed by atoms with Gasteiger partial charge in [-0.25, -0.2) is 0 Å². The summed E-state index contributed by atoms with van der Waals surface area (Å²) in [5.41, 5.74) is 2.90. The Kier molecular flexibility index (Phi) is 12.7. The minimum absolute atomic E-state index is 0.0532. The van der Waals surface area contributed by atoms with Gasteiger partial charge in [0.1, 0.15) is 6.29 Å². The molecule has 0 aliphatic heterocycles. The van der Waals surface area contributed by atoms with Crippen LogP contribution in [0.3, 0.4) is 0 Å². The summed E-state index contributed by atoms with van der Waals surface area (Å²) in [5, 5.41) is 31.5. The number of rotatable bonds is 13. The van der Waals surface area contributed by atoms with E-state index in [-0.39, 0.29) is 12.5 Å². The third kappa shape index (κ3) is 8.62. The molecule has 1 saturated carbocycles. The average molecular weight is 475 g/mol. The molecule has 34 heavy (non-hydrogen) atoms. The normalized spacial score (nSPS) is 29.1. The molecule has 1 rings (SSSR count). The van der Waals surface area contributed by atoms with Gasteiger partial charge in [0.25, 0.3) is 0 Å². The molecule has 0 amide bonds. The van der Waals surface area contributed by atoms with Crippen LogP contribution in [0.5, 0.6) is 0 Å². The molecule has 3 N–H and O–H groups in total. The van der Waals surface area contributed by atoms with Gasteiger partial charge in [-0.15, -0.1) is 0 Å².